The van der Waals surface area contributed by atoms with Crippen LogP contribution in [0.4, 0.5) is 14.5 Å². The molecule has 0 fully saturated rings. The summed E-state index contributed by atoms with van der Waals surface area (Å²) < 4.78 is 38.0. The molecule has 7 nitrogen and oxygen atoms in total. The first-order chi connectivity index (χ1) is 12.4. The Hall–Kier alpha value is -3.23. The van der Waals surface area contributed by atoms with Gasteiger partial charge in [-0.25, -0.2) is 4.39 Å². The highest BCUT2D eigenvalue weighted by molar-refractivity contribution is 5.95. The van der Waals surface area contributed by atoms with Crippen molar-refractivity contribution in [2.45, 2.75) is 6.42 Å². The number of benzene rings is 2. The Morgan fingerprint density at radius 2 is 1.85 bits per heavy atom. The zero-order valence-corrected chi connectivity index (χ0v) is 14.0. The van der Waals surface area contributed by atoms with Gasteiger partial charge in [-0.15, -0.1) is 0 Å². The first-order valence-electron chi connectivity index (χ1n) is 7.50. The van der Waals surface area contributed by atoms with Crippen LogP contribution < -0.4 is 14.8 Å². The molecule has 26 heavy (non-hydrogen) atoms. The molecule has 0 saturated heterocycles. The Labute approximate surface area is 147 Å². The lowest BCUT2D eigenvalue weighted by Gasteiger charge is -2.10. The first-order valence-corrected chi connectivity index (χ1v) is 7.50. The van der Waals surface area contributed by atoms with Crippen molar-refractivity contribution < 1.29 is 28.0 Å². The number of nitro groups is 1. The van der Waals surface area contributed by atoms with Gasteiger partial charge < -0.3 is 14.8 Å². The number of methoxy groups -OCH3 is 2. The Kier molecular flexibility index (Phi) is 6.05. The smallest absolute Gasteiger partial charge is 0.305 e. The van der Waals surface area contributed by atoms with Crippen LogP contribution in [0.3, 0.4) is 0 Å². The van der Waals surface area contributed by atoms with Crippen LogP contribution in [0.1, 0.15) is 15.9 Å². The van der Waals surface area contributed by atoms with E-state index < -0.39 is 33.7 Å². The summed E-state index contributed by atoms with van der Waals surface area (Å²) in [5.41, 5.74) is -1.15. The molecule has 0 aromatic heterocycles. The quantitative estimate of drug-likeness (QED) is 0.601. The second-order valence-electron chi connectivity index (χ2n) is 5.21. The normalized spacial score (nSPS) is 10.3. The van der Waals surface area contributed by atoms with Crippen molar-refractivity contribution in [3.63, 3.8) is 0 Å². The summed E-state index contributed by atoms with van der Waals surface area (Å²) in [4.78, 5) is 21.7. The van der Waals surface area contributed by atoms with E-state index in [1.54, 1.807) is 18.2 Å². The standard InChI is InChI=1S/C17H16F2N2O5/c1-25-13-6-3-10(9-14(13)26-2)7-8-20-17(22)15-11(18)4-5-12(16(15)19)21(23)24/h3-6,9H,7-8H2,1-2H3,(H,20,22). The van der Waals surface area contributed by atoms with E-state index in [1.807, 2.05) is 0 Å². The second-order valence-corrected chi connectivity index (χ2v) is 5.21. The minimum absolute atomic E-state index is 0.0654. The average molecular weight is 366 g/mol. The van der Waals surface area contributed by atoms with Crippen molar-refractivity contribution in [2.75, 3.05) is 20.8 Å². The Balaban J connectivity index is 2.08. The molecule has 1 N–H and O–H groups in total. The SMILES string of the molecule is COc1ccc(CCNC(=O)c2c(F)ccc([N+](=O)[O-])c2F)cc1OC. The number of carbonyl (C=O) groups excluding carboxylic acids is 1. The van der Waals surface area contributed by atoms with Crippen LogP contribution in [0.5, 0.6) is 11.5 Å². The Bertz CT molecular complexity index is 842. The third kappa shape index (κ3) is 4.05. The zero-order valence-electron chi connectivity index (χ0n) is 14.0. The van der Waals surface area contributed by atoms with E-state index in [2.05, 4.69) is 5.32 Å². The number of hydrogen-bond donors (Lipinski definition) is 1. The van der Waals surface area contributed by atoms with Gasteiger partial charge in [-0.1, -0.05) is 6.07 Å². The number of amides is 1. The summed E-state index contributed by atoms with van der Waals surface area (Å²) in [5.74, 6) is -2.69. The van der Waals surface area contributed by atoms with Crippen molar-refractivity contribution in [2.24, 2.45) is 0 Å². The molecule has 0 bridgehead atoms. The van der Waals surface area contributed by atoms with Crippen LogP contribution in [-0.4, -0.2) is 31.6 Å². The van der Waals surface area contributed by atoms with Gasteiger partial charge in [0.1, 0.15) is 11.4 Å². The number of ether oxygens (including phenoxy) is 2. The van der Waals surface area contributed by atoms with Crippen molar-refractivity contribution in [1.82, 2.24) is 5.32 Å². The van der Waals surface area contributed by atoms with Gasteiger partial charge in [0, 0.05) is 12.6 Å². The highest BCUT2D eigenvalue weighted by Crippen LogP contribution is 2.27. The lowest BCUT2D eigenvalue weighted by Crippen LogP contribution is -2.27. The highest BCUT2D eigenvalue weighted by atomic mass is 19.1. The van der Waals surface area contributed by atoms with E-state index in [9.17, 15) is 23.7 Å². The topological polar surface area (TPSA) is 90.7 Å². The van der Waals surface area contributed by atoms with Crippen LogP contribution in [0.25, 0.3) is 0 Å². The van der Waals surface area contributed by atoms with Gasteiger partial charge in [0.15, 0.2) is 11.5 Å². The molecule has 0 saturated carbocycles. The molecule has 0 unspecified atom stereocenters. The summed E-state index contributed by atoms with van der Waals surface area (Å²) in [7, 11) is 2.98. The number of nitro benzene ring substituents is 1. The second kappa shape index (κ2) is 8.24. The largest absolute Gasteiger partial charge is 0.493 e. The predicted molar refractivity (Wildman–Crippen MR) is 88.6 cm³/mol. The summed E-state index contributed by atoms with van der Waals surface area (Å²) >= 11 is 0. The Morgan fingerprint density at radius 1 is 1.15 bits per heavy atom. The molecule has 0 heterocycles. The van der Waals surface area contributed by atoms with E-state index in [0.717, 1.165) is 5.56 Å². The maximum absolute atomic E-state index is 14.0. The molecule has 0 aliphatic carbocycles. The lowest BCUT2D eigenvalue weighted by atomic mass is 10.1. The third-order valence-corrected chi connectivity index (χ3v) is 3.64. The number of carbonyl (C=O) groups is 1. The molecule has 0 atom stereocenters. The van der Waals surface area contributed by atoms with Gasteiger partial charge in [0.2, 0.25) is 5.82 Å². The van der Waals surface area contributed by atoms with Crippen molar-refractivity contribution in [3.05, 3.63) is 63.2 Å². The van der Waals surface area contributed by atoms with E-state index >= 15 is 0 Å². The van der Waals surface area contributed by atoms with Gasteiger partial charge in [-0.2, -0.15) is 4.39 Å². The minimum Gasteiger partial charge on any atom is -0.493 e. The molecule has 0 radical (unpaired) electrons. The van der Waals surface area contributed by atoms with Gasteiger partial charge in [0.05, 0.1) is 19.1 Å². The molecule has 0 aliphatic rings. The predicted octanol–water partition coefficient (Wildman–Crippen LogP) is 2.86. The fourth-order valence-corrected chi connectivity index (χ4v) is 2.34. The maximum Gasteiger partial charge on any atom is 0.305 e. The summed E-state index contributed by atoms with van der Waals surface area (Å²) in [5, 5.41) is 13.1. The number of halogens is 2. The maximum atomic E-state index is 14.0. The molecule has 2 aromatic carbocycles. The van der Waals surface area contributed by atoms with Gasteiger partial charge in [-0.3, -0.25) is 14.9 Å². The number of rotatable bonds is 7. The van der Waals surface area contributed by atoms with Gasteiger partial charge >= 0.3 is 5.69 Å². The molecule has 1 amide bonds. The molecule has 9 heteroatoms. The lowest BCUT2D eigenvalue weighted by molar-refractivity contribution is -0.387. The van der Waals surface area contributed by atoms with E-state index in [0.29, 0.717) is 30.1 Å². The molecular formula is C17H16F2N2O5. The number of nitrogens with zero attached hydrogens (tertiary/aromatic N) is 1. The molecule has 2 rings (SSSR count). The summed E-state index contributed by atoms with van der Waals surface area (Å²) in [6, 6.07) is 6.51. The van der Waals surface area contributed by atoms with Crippen LogP contribution in [-0.2, 0) is 6.42 Å². The molecule has 138 valence electrons. The van der Waals surface area contributed by atoms with E-state index in [1.165, 1.54) is 14.2 Å². The molecule has 0 spiro atoms. The van der Waals surface area contributed by atoms with E-state index in [4.69, 9.17) is 9.47 Å². The summed E-state index contributed by atoms with van der Waals surface area (Å²) in [6.07, 6.45) is 0.351. The summed E-state index contributed by atoms with van der Waals surface area (Å²) in [6.45, 7) is 0.0654. The van der Waals surface area contributed by atoms with Crippen LogP contribution >= 0.6 is 0 Å². The molecule has 2 aromatic rings. The Morgan fingerprint density at radius 3 is 2.46 bits per heavy atom. The zero-order chi connectivity index (χ0) is 19.3. The first kappa shape index (κ1) is 19.1. The fraction of sp³-hybridized carbons (Fsp3) is 0.235. The average Bonchev–Trinajstić information content (AvgIpc) is 2.61. The molecular weight excluding hydrogens is 350 g/mol. The minimum atomic E-state index is -1.50. The number of nitrogens with one attached hydrogen (secondary N) is 1. The highest BCUT2D eigenvalue weighted by Gasteiger charge is 2.25. The van der Waals surface area contributed by atoms with Crippen LogP contribution in [0.15, 0.2) is 30.3 Å². The van der Waals surface area contributed by atoms with Crippen molar-refractivity contribution >= 4 is 11.6 Å². The van der Waals surface area contributed by atoms with Gasteiger partial charge in [0.25, 0.3) is 5.91 Å². The van der Waals surface area contributed by atoms with Crippen LogP contribution in [0.2, 0.25) is 0 Å². The van der Waals surface area contributed by atoms with Gasteiger partial charge in [-0.05, 0) is 30.2 Å². The van der Waals surface area contributed by atoms with Crippen molar-refractivity contribution in [1.29, 1.82) is 0 Å². The fourth-order valence-electron chi connectivity index (χ4n) is 2.34. The number of hydrogen-bond acceptors (Lipinski definition) is 5. The molecule has 0 aliphatic heterocycles. The monoisotopic (exact) mass is 366 g/mol. The van der Waals surface area contributed by atoms with Crippen molar-refractivity contribution in [3.8, 4) is 11.5 Å². The van der Waals surface area contributed by atoms with Crippen LogP contribution in [0, 0.1) is 21.7 Å². The van der Waals surface area contributed by atoms with E-state index in [-0.39, 0.29) is 6.54 Å². The third-order valence-electron chi connectivity index (χ3n) is 3.64.